The van der Waals surface area contributed by atoms with Crippen LogP contribution in [0.25, 0.3) is 16.8 Å². The van der Waals surface area contributed by atoms with E-state index in [1.165, 1.54) is 18.2 Å². The molecular weight excluding hydrogens is 470 g/mol. The topological polar surface area (TPSA) is 29.5 Å². The normalized spacial score (nSPS) is 18.5. The zero-order valence-corrected chi connectivity index (χ0v) is 20.5. The van der Waals surface area contributed by atoms with Crippen molar-refractivity contribution >= 4 is 62.7 Å². The molecule has 0 aromatic heterocycles. The van der Waals surface area contributed by atoms with Crippen LogP contribution in [0.15, 0.2) is 65.6 Å². The van der Waals surface area contributed by atoms with Crippen LogP contribution >= 0.6 is 35.6 Å². The van der Waals surface area contributed by atoms with Crippen LogP contribution in [0, 0.1) is 0 Å². The number of carbonyl (C=O) groups is 1. The number of halogens is 1. The Morgan fingerprint density at radius 3 is 2.58 bits per heavy atom. The summed E-state index contributed by atoms with van der Waals surface area (Å²) in [6.45, 7) is 0.416. The smallest absolute Gasteiger partial charge is 0.266 e. The first-order valence-electron chi connectivity index (χ1n) is 11.3. The van der Waals surface area contributed by atoms with Gasteiger partial charge < -0.3 is 4.74 Å². The third kappa shape index (κ3) is 4.81. The van der Waals surface area contributed by atoms with Crippen molar-refractivity contribution < 1.29 is 9.53 Å². The molecule has 168 valence electrons. The average Bonchev–Trinajstić information content (AvgIpc) is 3.12. The second kappa shape index (κ2) is 9.88. The molecule has 2 fully saturated rings. The molecule has 2 aliphatic rings. The van der Waals surface area contributed by atoms with Crippen LogP contribution in [-0.2, 0) is 11.4 Å². The molecular formula is C27H24ClNO2S2. The zero-order valence-electron chi connectivity index (χ0n) is 18.1. The number of benzene rings is 3. The number of fused-ring (bicyclic) bond motifs is 1. The van der Waals surface area contributed by atoms with Gasteiger partial charge in [-0.05, 0) is 53.5 Å². The Balaban J connectivity index is 1.49. The molecule has 0 spiro atoms. The van der Waals surface area contributed by atoms with Gasteiger partial charge in [0.2, 0.25) is 0 Å². The van der Waals surface area contributed by atoms with Crippen LogP contribution < -0.4 is 4.74 Å². The summed E-state index contributed by atoms with van der Waals surface area (Å²) in [7, 11) is 0. The van der Waals surface area contributed by atoms with Crippen molar-refractivity contribution in [2.75, 3.05) is 0 Å². The SMILES string of the molecule is O=C1/C(=C/c2c(OCc3ccc(Cl)cc3)ccc3ccccc23)SC(=S)N1C1CCCCC1. The Morgan fingerprint density at radius 1 is 1.03 bits per heavy atom. The Hall–Kier alpha value is -2.34. The summed E-state index contributed by atoms with van der Waals surface area (Å²) >= 11 is 13.0. The lowest BCUT2D eigenvalue weighted by Crippen LogP contribution is -2.39. The largest absolute Gasteiger partial charge is 0.488 e. The second-order valence-corrected chi connectivity index (χ2v) is 10.6. The van der Waals surface area contributed by atoms with Crippen molar-refractivity contribution in [3.05, 3.63) is 81.7 Å². The summed E-state index contributed by atoms with van der Waals surface area (Å²) < 4.78 is 6.90. The molecule has 6 heteroatoms. The Kier molecular flexibility index (Phi) is 6.72. The highest BCUT2D eigenvalue weighted by Crippen LogP contribution is 2.40. The molecule has 1 aliphatic carbocycles. The molecule has 1 heterocycles. The lowest BCUT2D eigenvalue weighted by molar-refractivity contribution is -0.124. The van der Waals surface area contributed by atoms with Crippen molar-refractivity contribution in [1.29, 1.82) is 0 Å². The summed E-state index contributed by atoms with van der Waals surface area (Å²) in [5.41, 5.74) is 1.94. The summed E-state index contributed by atoms with van der Waals surface area (Å²) in [4.78, 5) is 15.9. The number of hydrogen-bond donors (Lipinski definition) is 0. The number of rotatable bonds is 5. The molecule has 0 radical (unpaired) electrons. The van der Waals surface area contributed by atoms with Crippen LogP contribution in [0.4, 0.5) is 0 Å². The number of thiocarbonyl (C=S) groups is 1. The minimum atomic E-state index is 0.0217. The minimum Gasteiger partial charge on any atom is -0.488 e. The van der Waals surface area contributed by atoms with Crippen molar-refractivity contribution in [3.8, 4) is 5.75 Å². The first-order chi connectivity index (χ1) is 16.1. The van der Waals surface area contributed by atoms with E-state index in [2.05, 4.69) is 18.2 Å². The Morgan fingerprint density at radius 2 is 1.79 bits per heavy atom. The van der Waals surface area contributed by atoms with Gasteiger partial charge in [-0.2, -0.15) is 0 Å². The third-order valence-electron chi connectivity index (χ3n) is 6.28. The number of ether oxygens (including phenoxy) is 1. The van der Waals surface area contributed by atoms with Gasteiger partial charge in [0.15, 0.2) is 0 Å². The van der Waals surface area contributed by atoms with Crippen molar-refractivity contribution in [3.63, 3.8) is 0 Å². The molecule has 1 saturated carbocycles. The fourth-order valence-corrected chi connectivity index (χ4v) is 6.07. The van der Waals surface area contributed by atoms with Gasteiger partial charge in [0, 0.05) is 16.6 Å². The first kappa shape index (κ1) is 22.5. The fourth-order valence-electron chi connectivity index (χ4n) is 4.56. The average molecular weight is 494 g/mol. The van der Waals surface area contributed by atoms with Gasteiger partial charge in [-0.15, -0.1) is 0 Å². The van der Waals surface area contributed by atoms with E-state index in [0.29, 0.717) is 20.9 Å². The highest BCUT2D eigenvalue weighted by atomic mass is 35.5. The molecule has 1 saturated heterocycles. The molecule has 0 bridgehead atoms. The highest BCUT2D eigenvalue weighted by Gasteiger charge is 2.37. The van der Waals surface area contributed by atoms with Gasteiger partial charge in [0.1, 0.15) is 16.7 Å². The summed E-state index contributed by atoms with van der Waals surface area (Å²) in [5.74, 6) is 0.764. The number of carbonyl (C=O) groups excluding carboxylic acids is 1. The molecule has 1 aliphatic heterocycles. The minimum absolute atomic E-state index is 0.0217. The van der Waals surface area contributed by atoms with Crippen LogP contribution in [0.5, 0.6) is 5.75 Å². The lowest BCUT2D eigenvalue weighted by Gasteiger charge is -2.29. The highest BCUT2D eigenvalue weighted by molar-refractivity contribution is 8.26. The van der Waals surface area contributed by atoms with Crippen molar-refractivity contribution in [2.24, 2.45) is 0 Å². The second-order valence-electron chi connectivity index (χ2n) is 8.46. The molecule has 3 aromatic rings. The maximum absolute atomic E-state index is 13.4. The molecule has 0 N–H and O–H groups in total. The maximum Gasteiger partial charge on any atom is 0.266 e. The van der Waals surface area contributed by atoms with E-state index >= 15 is 0 Å². The zero-order chi connectivity index (χ0) is 22.8. The van der Waals surface area contributed by atoms with Gasteiger partial charge in [-0.1, -0.05) is 97.3 Å². The number of amides is 1. The predicted octanol–water partition coefficient (Wildman–Crippen LogP) is 7.61. The van der Waals surface area contributed by atoms with Gasteiger partial charge in [0.25, 0.3) is 5.91 Å². The number of nitrogens with zero attached hydrogens (tertiary/aromatic N) is 1. The monoisotopic (exact) mass is 493 g/mol. The fraction of sp³-hybridized carbons (Fsp3) is 0.259. The summed E-state index contributed by atoms with van der Waals surface area (Å²) in [6.07, 6.45) is 7.58. The van der Waals surface area contributed by atoms with E-state index in [0.717, 1.165) is 53.3 Å². The van der Waals surface area contributed by atoms with Crippen molar-refractivity contribution in [1.82, 2.24) is 4.90 Å². The summed E-state index contributed by atoms with van der Waals surface area (Å²) in [5, 5.41) is 2.85. The standard InChI is InChI=1S/C27H24ClNO2S2/c28-20-13-10-18(11-14-20)17-31-24-15-12-19-6-4-5-9-22(19)23(24)16-25-26(30)29(27(32)33-25)21-7-2-1-3-8-21/h4-6,9-16,21H,1-3,7-8,17H2/b25-16-. The molecule has 3 aromatic carbocycles. The maximum atomic E-state index is 13.4. The van der Waals surface area contributed by atoms with E-state index in [9.17, 15) is 4.79 Å². The van der Waals surface area contributed by atoms with Crippen LogP contribution in [0.2, 0.25) is 5.02 Å². The van der Waals surface area contributed by atoms with Crippen molar-refractivity contribution in [2.45, 2.75) is 44.8 Å². The van der Waals surface area contributed by atoms with Gasteiger partial charge >= 0.3 is 0 Å². The number of thioether (sulfide) groups is 1. The lowest BCUT2D eigenvalue weighted by atomic mass is 9.94. The van der Waals surface area contributed by atoms with E-state index in [1.807, 2.05) is 53.4 Å². The molecule has 3 nitrogen and oxygen atoms in total. The van der Waals surface area contributed by atoms with Gasteiger partial charge in [0.05, 0.1) is 4.91 Å². The van der Waals surface area contributed by atoms with E-state index in [4.69, 9.17) is 28.6 Å². The molecule has 5 rings (SSSR count). The van der Waals surface area contributed by atoms with Gasteiger partial charge in [-0.3, -0.25) is 9.69 Å². The Bertz CT molecular complexity index is 1230. The number of hydrogen-bond acceptors (Lipinski definition) is 4. The van der Waals surface area contributed by atoms with E-state index in [-0.39, 0.29) is 11.9 Å². The molecule has 33 heavy (non-hydrogen) atoms. The van der Waals surface area contributed by atoms with Crippen LogP contribution in [-0.4, -0.2) is 21.2 Å². The predicted molar refractivity (Wildman–Crippen MR) is 142 cm³/mol. The van der Waals surface area contributed by atoms with Crippen LogP contribution in [0.3, 0.4) is 0 Å². The first-order valence-corrected chi connectivity index (χ1v) is 12.9. The molecule has 0 unspecified atom stereocenters. The molecule has 0 atom stereocenters. The quantitative estimate of drug-likeness (QED) is 0.270. The third-order valence-corrected chi connectivity index (χ3v) is 7.86. The molecule has 1 amide bonds. The van der Waals surface area contributed by atoms with Gasteiger partial charge in [-0.25, -0.2) is 0 Å². The van der Waals surface area contributed by atoms with E-state index < -0.39 is 0 Å². The van der Waals surface area contributed by atoms with E-state index in [1.54, 1.807) is 0 Å². The van der Waals surface area contributed by atoms with Crippen LogP contribution in [0.1, 0.15) is 43.2 Å². The Labute approximate surface area is 208 Å². The summed E-state index contributed by atoms with van der Waals surface area (Å²) in [6, 6.07) is 20.1.